The molecule has 0 saturated carbocycles. The van der Waals surface area contributed by atoms with Gasteiger partial charge in [-0.25, -0.2) is 0 Å². The maximum atomic E-state index is 10.7. The van der Waals surface area contributed by atoms with Gasteiger partial charge in [-0.15, -0.1) is 0 Å². The molecule has 156 valence electrons. The van der Waals surface area contributed by atoms with Crippen LogP contribution in [-0.2, 0) is 0 Å². The molecule has 2 aliphatic heterocycles. The van der Waals surface area contributed by atoms with Crippen LogP contribution >= 0.6 is 0 Å². The predicted octanol–water partition coefficient (Wildman–Crippen LogP) is 3.09. The summed E-state index contributed by atoms with van der Waals surface area (Å²) >= 11 is 0. The average Bonchev–Trinajstić information content (AvgIpc) is 2.75. The summed E-state index contributed by atoms with van der Waals surface area (Å²) in [6.45, 7) is 2.21. The Balaban J connectivity index is 1.38. The smallest absolute Gasteiger partial charge is 0.126 e. The SMILES string of the molecule is COc1cccc(C(O)CN2CCC3(CC2)CC(O)c2cc(OC)ccc2O3)c1. The molecule has 6 heteroatoms. The summed E-state index contributed by atoms with van der Waals surface area (Å²) in [5, 5.41) is 21.3. The maximum Gasteiger partial charge on any atom is 0.126 e. The van der Waals surface area contributed by atoms with Gasteiger partial charge in [0.15, 0.2) is 0 Å². The molecule has 1 spiro atoms. The van der Waals surface area contributed by atoms with Crippen molar-refractivity contribution in [1.29, 1.82) is 0 Å². The summed E-state index contributed by atoms with van der Waals surface area (Å²) in [6, 6.07) is 13.2. The lowest BCUT2D eigenvalue weighted by Gasteiger charge is -2.46. The molecule has 2 unspecified atom stereocenters. The number of fused-ring (bicyclic) bond motifs is 1. The highest BCUT2D eigenvalue weighted by Crippen LogP contribution is 2.45. The molecule has 1 fully saturated rings. The highest BCUT2D eigenvalue weighted by atomic mass is 16.5. The second-order valence-electron chi connectivity index (χ2n) is 8.00. The monoisotopic (exact) mass is 399 g/mol. The van der Waals surface area contributed by atoms with E-state index in [1.165, 1.54) is 0 Å². The Morgan fingerprint density at radius 1 is 1.10 bits per heavy atom. The molecule has 4 rings (SSSR count). The lowest BCUT2D eigenvalue weighted by molar-refractivity contribution is -0.0588. The van der Waals surface area contributed by atoms with E-state index in [1.54, 1.807) is 14.2 Å². The fraction of sp³-hybridized carbons (Fsp3) is 0.478. The van der Waals surface area contributed by atoms with Crippen LogP contribution in [0.25, 0.3) is 0 Å². The molecule has 0 aromatic heterocycles. The zero-order valence-corrected chi connectivity index (χ0v) is 17.0. The molecule has 2 atom stereocenters. The van der Waals surface area contributed by atoms with Gasteiger partial charge in [0.1, 0.15) is 22.8 Å². The van der Waals surface area contributed by atoms with Crippen LogP contribution in [0.3, 0.4) is 0 Å². The minimum absolute atomic E-state index is 0.349. The highest BCUT2D eigenvalue weighted by molar-refractivity contribution is 5.43. The van der Waals surface area contributed by atoms with Crippen LogP contribution in [0.2, 0.25) is 0 Å². The summed E-state index contributed by atoms with van der Waals surface area (Å²) in [6.07, 6.45) is 1.10. The van der Waals surface area contributed by atoms with Crippen LogP contribution < -0.4 is 14.2 Å². The largest absolute Gasteiger partial charge is 0.497 e. The van der Waals surface area contributed by atoms with E-state index in [9.17, 15) is 10.2 Å². The number of hydrogen-bond donors (Lipinski definition) is 2. The van der Waals surface area contributed by atoms with Crippen LogP contribution in [0.1, 0.15) is 42.6 Å². The van der Waals surface area contributed by atoms with E-state index < -0.39 is 12.2 Å². The number of nitrogens with zero attached hydrogens (tertiary/aromatic N) is 1. The molecule has 1 saturated heterocycles. The van der Waals surface area contributed by atoms with Crippen molar-refractivity contribution in [3.8, 4) is 17.2 Å². The molecule has 6 nitrogen and oxygen atoms in total. The number of hydrogen-bond acceptors (Lipinski definition) is 6. The van der Waals surface area contributed by atoms with E-state index in [-0.39, 0.29) is 5.60 Å². The van der Waals surface area contributed by atoms with Crippen LogP contribution in [0.4, 0.5) is 0 Å². The quantitative estimate of drug-likeness (QED) is 0.805. The Bertz CT molecular complexity index is 847. The van der Waals surface area contributed by atoms with Gasteiger partial charge in [-0.1, -0.05) is 12.1 Å². The number of likely N-dealkylation sites (tertiary alicyclic amines) is 1. The van der Waals surface area contributed by atoms with Crippen molar-refractivity contribution in [2.75, 3.05) is 33.9 Å². The topological polar surface area (TPSA) is 71.4 Å². The van der Waals surface area contributed by atoms with Crippen molar-refractivity contribution in [1.82, 2.24) is 4.90 Å². The molecule has 0 amide bonds. The molecule has 0 radical (unpaired) electrons. The van der Waals surface area contributed by atoms with Gasteiger partial charge < -0.3 is 29.3 Å². The third kappa shape index (κ3) is 4.20. The number of rotatable bonds is 5. The number of ether oxygens (including phenoxy) is 3. The predicted molar refractivity (Wildman–Crippen MR) is 110 cm³/mol. The third-order valence-corrected chi connectivity index (χ3v) is 6.14. The molecule has 0 bridgehead atoms. The van der Waals surface area contributed by atoms with Crippen molar-refractivity contribution in [2.45, 2.75) is 37.1 Å². The molecule has 2 heterocycles. The van der Waals surface area contributed by atoms with E-state index in [0.29, 0.717) is 13.0 Å². The maximum absolute atomic E-state index is 10.7. The van der Waals surface area contributed by atoms with Gasteiger partial charge in [-0.05, 0) is 48.7 Å². The number of benzene rings is 2. The zero-order valence-electron chi connectivity index (χ0n) is 17.0. The van der Waals surface area contributed by atoms with Gasteiger partial charge in [-0.3, -0.25) is 0 Å². The second-order valence-corrected chi connectivity index (χ2v) is 8.00. The summed E-state index contributed by atoms with van der Waals surface area (Å²) in [5.74, 6) is 2.22. The van der Waals surface area contributed by atoms with Crippen LogP contribution in [-0.4, -0.2) is 54.6 Å². The fourth-order valence-corrected chi connectivity index (χ4v) is 4.39. The first kappa shape index (κ1) is 20.0. The first-order valence-corrected chi connectivity index (χ1v) is 10.1. The van der Waals surface area contributed by atoms with E-state index in [1.807, 2.05) is 42.5 Å². The zero-order chi connectivity index (χ0) is 20.4. The third-order valence-electron chi connectivity index (χ3n) is 6.14. The molecule has 0 aliphatic carbocycles. The Hall–Kier alpha value is -2.28. The Kier molecular flexibility index (Phi) is 5.67. The summed E-state index contributed by atoms with van der Waals surface area (Å²) < 4.78 is 16.9. The van der Waals surface area contributed by atoms with Gasteiger partial charge >= 0.3 is 0 Å². The minimum atomic E-state index is -0.565. The molecular weight excluding hydrogens is 370 g/mol. The lowest BCUT2D eigenvalue weighted by Crippen LogP contribution is -2.51. The fourth-order valence-electron chi connectivity index (χ4n) is 4.39. The number of aliphatic hydroxyl groups is 2. The van der Waals surface area contributed by atoms with Crippen molar-refractivity contribution in [3.63, 3.8) is 0 Å². The van der Waals surface area contributed by atoms with Gasteiger partial charge in [0.05, 0.1) is 26.4 Å². The van der Waals surface area contributed by atoms with Gasteiger partial charge in [-0.2, -0.15) is 0 Å². The summed E-state index contributed by atoms with van der Waals surface area (Å²) in [7, 11) is 3.25. The number of β-amino-alcohol motifs (C(OH)–C–C–N with tert-alkyl or cyclic N) is 1. The lowest BCUT2D eigenvalue weighted by atomic mass is 9.81. The van der Waals surface area contributed by atoms with Crippen molar-refractivity contribution in [3.05, 3.63) is 53.6 Å². The molecule has 29 heavy (non-hydrogen) atoms. The van der Waals surface area contributed by atoms with E-state index in [2.05, 4.69) is 4.90 Å². The second kappa shape index (κ2) is 8.22. The Morgan fingerprint density at radius 2 is 1.83 bits per heavy atom. The Morgan fingerprint density at radius 3 is 2.55 bits per heavy atom. The molecule has 2 aromatic carbocycles. The van der Waals surface area contributed by atoms with Crippen LogP contribution in [0.5, 0.6) is 17.2 Å². The van der Waals surface area contributed by atoms with E-state index in [0.717, 1.165) is 54.3 Å². The standard InChI is InChI=1S/C23H29NO5/c1-27-17-5-3-4-16(12-17)21(26)15-24-10-8-23(9-11-24)14-20(25)19-13-18(28-2)6-7-22(19)29-23/h3-7,12-13,20-21,25-26H,8-11,14-15H2,1-2H3. The number of aliphatic hydroxyl groups excluding tert-OH is 2. The van der Waals surface area contributed by atoms with Gasteiger partial charge in [0.25, 0.3) is 0 Å². The van der Waals surface area contributed by atoms with Gasteiger partial charge in [0.2, 0.25) is 0 Å². The molecule has 2 aromatic rings. The van der Waals surface area contributed by atoms with Crippen molar-refractivity contribution < 1.29 is 24.4 Å². The molecule has 2 aliphatic rings. The first-order valence-electron chi connectivity index (χ1n) is 10.1. The highest BCUT2D eigenvalue weighted by Gasteiger charge is 2.43. The Labute approximate surface area is 171 Å². The first-order chi connectivity index (χ1) is 14.0. The number of piperidine rings is 1. The molecule has 2 N–H and O–H groups in total. The van der Waals surface area contributed by atoms with Crippen molar-refractivity contribution >= 4 is 0 Å². The molecular formula is C23H29NO5. The summed E-state index contributed by atoms with van der Waals surface area (Å²) in [5.41, 5.74) is 1.31. The summed E-state index contributed by atoms with van der Waals surface area (Å²) in [4.78, 5) is 2.26. The average molecular weight is 399 g/mol. The van der Waals surface area contributed by atoms with Crippen LogP contribution in [0, 0.1) is 0 Å². The number of methoxy groups -OCH3 is 2. The van der Waals surface area contributed by atoms with Crippen molar-refractivity contribution in [2.24, 2.45) is 0 Å². The van der Waals surface area contributed by atoms with Gasteiger partial charge in [0, 0.05) is 31.6 Å². The minimum Gasteiger partial charge on any atom is -0.497 e. The van der Waals surface area contributed by atoms with Crippen LogP contribution in [0.15, 0.2) is 42.5 Å². The normalized spacial score (nSPS) is 21.9. The van der Waals surface area contributed by atoms with E-state index >= 15 is 0 Å². The van der Waals surface area contributed by atoms with E-state index in [4.69, 9.17) is 14.2 Å².